The molecule has 0 aliphatic heterocycles. The summed E-state index contributed by atoms with van der Waals surface area (Å²) in [4.78, 5) is 0. The van der Waals surface area contributed by atoms with Crippen molar-refractivity contribution in [1.29, 1.82) is 0 Å². The predicted molar refractivity (Wildman–Crippen MR) is 76.3 cm³/mol. The van der Waals surface area contributed by atoms with E-state index in [1.165, 1.54) is 0 Å². The van der Waals surface area contributed by atoms with Crippen LogP contribution in [-0.4, -0.2) is 30.6 Å². The molecule has 0 aromatic carbocycles. The fourth-order valence-corrected chi connectivity index (χ4v) is 2.32. The van der Waals surface area contributed by atoms with E-state index in [1.807, 2.05) is 18.7 Å². The van der Waals surface area contributed by atoms with Gasteiger partial charge in [-0.3, -0.25) is 4.68 Å². The molecule has 0 saturated carbocycles. The van der Waals surface area contributed by atoms with E-state index in [0.29, 0.717) is 17.1 Å². The maximum atomic E-state index is 8.97. The van der Waals surface area contributed by atoms with Crippen LogP contribution in [0.5, 0.6) is 0 Å². The van der Waals surface area contributed by atoms with Gasteiger partial charge in [0.2, 0.25) is 0 Å². The average molecular weight is 276 g/mol. The number of nitrogens with two attached hydrogens (primary N) is 1. The molecular weight excluding hydrogens is 256 g/mol. The fraction of sp³-hybridized carbons (Fsp3) is 0.462. The van der Waals surface area contributed by atoms with E-state index in [1.54, 1.807) is 4.68 Å². The number of hydrogen-bond acceptors (Lipinski definition) is 4. The van der Waals surface area contributed by atoms with Crippen LogP contribution in [0.25, 0.3) is 5.82 Å². The number of hydrogen-bond donors (Lipinski definition) is 2. The first kappa shape index (κ1) is 14.1. The third-order valence-electron chi connectivity index (χ3n) is 3.31. The minimum Gasteiger partial charge on any atom is -0.409 e. The lowest BCUT2D eigenvalue weighted by Gasteiger charge is -2.08. The van der Waals surface area contributed by atoms with Crippen molar-refractivity contribution in [2.75, 3.05) is 0 Å². The standard InChI is InChI=1S/C13H20N6O/c1-5-9-7-10(6-2)19(16-9)13-11(12(14)17-20)8(3)15-18(13)4/h7,20H,5-6H2,1-4H3,(H2,14,17). The molecule has 7 nitrogen and oxygen atoms in total. The van der Waals surface area contributed by atoms with Gasteiger partial charge in [-0.25, -0.2) is 4.68 Å². The van der Waals surface area contributed by atoms with Crippen LogP contribution in [-0.2, 0) is 19.9 Å². The van der Waals surface area contributed by atoms with Gasteiger partial charge in [-0.15, -0.1) is 0 Å². The molecule has 0 radical (unpaired) electrons. The molecule has 0 aliphatic carbocycles. The SMILES string of the molecule is CCc1cc(CC)n(-c2c(/C(N)=N/O)c(C)nn2C)n1. The number of oxime groups is 1. The molecule has 3 N–H and O–H groups in total. The van der Waals surface area contributed by atoms with Gasteiger partial charge in [0.25, 0.3) is 0 Å². The summed E-state index contributed by atoms with van der Waals surface area (Å²) in [5.41, 5.74) is 9.16. The molecule has 20 heavy (non-hydrogen) atoms. The largest absolute Gasteiger partial charge is 0.409 e. The van der Waals surface area contributed by atoms with Gasteiger partial charge >= 0.3 is 0 Å². The second kappa shape index (κ2) is 5.36. The highest BCUT2D eigenvalue weighted by Crippen LogP contribution is 2.20. The summed E-state index contributed by atoms with van der Waals surface area (Å²) in [6.07, 6.45) is 1.70. The van der Waals surface area contributed by atoms with Gasteiger partial charge in [0, 0.05) is 12.7 Å². The summed E-state index contributed by atoms with van der Waals surface area (Å²) in [5.74, 6) is 0.760. The maximum absolute atomic E-state index is 8.97. The van der Waals surface area contributed by atoms with E-state index in [4.69, 9.17) is 10.9 Å². The molecule has 108 valence electrons. The number of amidine groups is 1. The van der Waals surface area contributed by atoms with Crippen molar-refractivity contribution in [3.8, 4) is 5.82 Å². The van der Waals surface area contributed by atoms with Gasteiger partial charge in [-0.05, 0) is 25.8 Å². The minimum atomic E-state index is 0.0428. The molecule has 0 atom stereocenters. The maximum Gasteiger partial charge on any atom is 0.175 e. The Balaban J connectivity index is 2.72. The van der Waals surface area contributed by atoms with Gasteiger partial charge < -0.3 is 10.9 Å². The Hall–Kier alpha value is -2.31. The lowest BCUT2D eigenvalue weighted by molar-refractivity contribution is 0.318. The molecule has 2 aromatic rings. The van der Waals surface area contributed by atoms with Crippen molar-refractivity contribution in [3.63, 3.8) is 0 Å². The van der Waals surface area contributed by atoms with Gasteiger partial charge in [0.1, 0.15) is 0 Å². The number of aryl methyl sites for hydroxylation is 4. The summed E-state index contributed by atoms with van der Waals surface area (Å²) < 4.78 is 3.53. The monoisotopic (exact) mass is 276 g/mol. The molecule has 2 aromatic heterocycles. The normalized spacial score (nSPS) is 12.1. The smallest absolute Gasteiger partial charge is 0.175 e. The molecule has 0 aliphatic rings. The molecule has 7 heteroatoms. The van der Waals surface area contributed by atoms with E-state index in [9.17, 15) is 0 Å². The van der Waals surface area contributed by atoms with Crippen molar-refractivity contribution >= 4 is 5.84 Å². The van der Waals surface area contributed by atoms with E-state index in [0.717, 1.165) is 24.2 Å². The van der Waals surface area contributed by atoms with Crippen LogP contribution in [0.4, 0.5) is 0 Å². The van der Waals surface area contributed by atoms with Crippen molar-refractivity contribution < 1.29 is 5.21 Å². The van der Waals surface area contributed by atoms with Crippen molar-refractivity contribution in [2.24, 2.45) is 17.9 Å². The topological polar surface area (TPSA) is 94.3 Å². The third kappa shape index (κ3) is 2.15. The second-order valence-corrected chi connectivity index (χ2v) is 4.64. The zero-order valence-electron chi connectivity index (χ0n) is 12.3. The van der Waals surface area contributed by atoms with E-state index in [2.05, 4.69) is 35.3 Å². The Morgan fingerprint density at radius 3 is 2.60 bits per heavy atom. The highest BCUT2D eigenvalue weighted by molar-refractivity contribution is 6.00. The number of rotatable bonds is 4. The molecule has 0 bridgehead atoms. The first-order valence-electron chi connectivity index (χ1n) is 6.63. The predicted octanol–water partition coefficient (Wildman–Crippen LogP) is 1.13. The van der Waals surface area contributed by atoms with Gasteiger partial charge in [0.05, 0.1) is 17.0 Å². The molecule has 2 rings (SSSR count). The number of aromatic nitrogens is 4. The molecule has 0 amide bonds. The van der Waals surface area contributed by atoms with E-state index >= 15 is 0 Å². The summed E-state index contributed by atoms with van der Waals surface area (Å²) in [7, 11) is 1.82. The summed E-state index contributed by atoms with van der Waals surface area (Å²) in [5, 5.41) is 21.0. The fourth-order valence-electron chi connectivity index (χ4n) is 2.32. The van der Waals surface area contributed by atoms with Crippen LogP contribution in [0.15, 0.2) is 11.2 Å². The van der Waals surface area contributed by atoms with Crippen LogP contribution in [0, 0.1) is 6.92 Å². The first-order valence-corrected chi connectivity index (χ1v) is 6.63. The van der Waals surface area contributed by atoms with Crippen LogP contribution >= 0.6 is 0 Å². The molecule has 0 fully saturated rings. The minimum absolute atomic E-state index is 0.0428. The third-order valence-corrected chi connectivity index (χ3v) is 3.31. The quantitative estimate of drug-likeness (QED) is 0.379. The van der Waals surface area contributed by atoms with Gasteiger partial charge in [-0.1, -0.05) is 19.0 Å². The Kier molecular flexibility index (Phi) is 3.78. The second-order valence-electron chi connectivity index (χ2n) is 4.64. The molecular formula is C13H20N6O. The van der Waals surface area contributed by atoms with Crippen molar-refractivity contribution in [1.82, 2.24) is 19.6 Å². The van der Waals surface area contributed by atoms with E-state index in [-0.39, 0.29) is 5.84 Å². The molecule has 0 spiro atoms. The zero-order chi connectivity index (χ0) is 14.9. The molecule has 2 heterocycles. The van der Waals surface area contributed by atoms with E-state index < -0.39 is 0 Å². The van der Waals surface area contributed by atoms with Crippen LogP contribution in [0.3, 0.4) is 0 Å². The van der Waals surface area contributed by atoms with Crippen LogP contribution < -0.4 is 5.73 Å². The lowest BCUT2D eigenvalue weighted by Crippen LogP contribution is -2.18. The summed E-state index contributed by atoms with van der Waals surface area (Å²) >= 11 is 0. The Bertz CT molecular complexity index is 652. The average Bonchev–Trinajstić information content (AvgIpc) is 2.97. The lowest BCUT2D eigenvalue weighted by atomic mass is 10.2. The van der Waals surface area contributed by atoms with Crippen molar-refractivity contribution in [3.05, 3.63) is 28.7 Å². The van der Waals surface area contributed by atoms with Gasteiger partial charge in [-0.2, -0.15) is 10.2 Å². The number of nitrogens with zero attached hydrogens (tertiary/aromatic N) is 5. The zero-order valence-corrected chi connectivity index (χ0v) is 12.3. The Morgan fingerprint density at radius 2 is 2.05 bits per heavy atom. The van der Waals surface area contributed by atoms with Gasteiger partial charge in [0.15, 0.2) is 11.7 Å². The molecule has 0 saturated heterocycles. The first-order chi connectivity index (χ1) is 9.53. The molecule has 0 unspecified atom stereocenters. The highest BCUT2D eigenvalue weighted by atomic mass is 16.4. The van der Waals surface area contributed by atoms with Crippen LogP contribution in [0.2, 0.25) is 0 Å². The Labute approximate surface area is 117 Å². The van der Waals surface area contributed by atoms with Crippen molar-refractivity contribution in [2.45, 2.75) is 33.6 Å². The summed E-state index contributed by atoms with van der Waals surface area (Å²) in [6.45, 7) is 5.96. The highest BCUT2D eigenvalue weighted by Gasteiger charge is 2.21. The summed E-state index contributed by atoms with van der Waals surface area (Å²) in [6, 6.07) is 2.07. The van der Waals surface area contributed by atoms with Crippen LogP contribution in [0.1, 0.15) is 36.5 Å². The Morgan fingerprint density at radius 1 is 1.35 bits per heavy atom.